The second-order valence-corrected chi connectivity index (χ2v) is 15.3. The summed E-state index contributed by atoms with van der Waals surface area (Å²) in [5.74, 6) is 5.19. The Labute approximate surface area is 199 Å². The van der Waals surface area contributed by atoms with E-state index in [9.17, 15) is 5.11 Å². The highest BCUT2D eigenvalue weighted by molar-refractivity contribution is 5.30. The first-order chi connectivity index (χ1) is 14.9. The second-order valence-electron chi connectivity index (χ2n) is 15.3. The minimum Gasteiger partial charge on any atom is -0.393 e. The van der Waals surface area contributed by atoms with Gasteiger partial charge in [-0.05, 0) is 120 Å². The highest BCUT2D eigenvalue weighted by atomic mass is 16.3. The molecular formula is C31H54O. The van der Waals surface area contributed by atoms with E-state index >= 15 is 0 Å². The van der Waals surface area contributed by atoms with E-state index in [0.717, 1.165) is 41.9 Å². The molecule has 0 aromatic rings. The Morgan fingerprint density at radius 3 is 2.06 bits per heavy atom. The van der Waals surface area contributed by atoms with Gasteiger partial charge >= 0.3 is 0 Å². The lowest BCUT2D eigenvalue weighted by Gasteiger charge is -2.63. The summed E-state index contributed by atoms with van der Waals surface area (Å²) in [7, 11) is 0. The lowest BCUT2D eigenvalue weighted by Crippen LogP contribution is -2.57. The predicted octanol–water partition coefficient (Wildman–Crippen LogP) is 8.49. The van der Waals surface area contributed by atoms with Gasteiger partial charge in [0, 0.05) is 0 Å². The lowest BCUT2D eigenvalue weighted by molar-refractivity contribution is -0.162. The zero-order valence-corrected chi connectivity index (χ0v) is 22.8. The Hall–Kier alpha value is -0.0400. The Morgan fingerprint density at radius 1 is 0.719 bits per heavy atom. The summed E-state index contributed by atoms with van der Waals surface area (Å²) in [5.41, 5.74) is 2.40. The van der Waals surface area contributed by atoms with Crippen LogP contribution < -0.4 is 0 Å². The van der Waals surface area contributed by atoms with Crippen LogP contribution in [-0.4, -0.2) is 11.2 Å². The summed E-state index contributed by atoms with van der Waals surface area (Å²) < 4.78 is 0. The molecule has 0 amide bonds. The molecule has 0 heterocycles. The van der Waals surface area contributed by atoms with Crippen molar-refractivity contribution < 1.29 is 5.11 Å². The molecule has 5 fully saturated rings. The molecule has 5 aliphatic rings. The standard InChI is InChI=1S/C31H54O/c1-20(2)9-10-21(3)22(4)23-13-15-29(8)25-12-11-24-27(5,6)26(32)14-16-30(24)19-31(25,30)18-17-28(23,29)7/h20-26,32H,9-19H2,1-8H3. The van der Waals surface area contributed by atoms with Crippen LogP contribution in [0.25, 0.3) is 0 Å². The second kappa shape index (κ2) is 7.24. The third-order valence-corrected chi connectivity index (χ3v) is 13.9. The van der Waals surface area contributed by atoms with Crippen molar-refractivity contribution in [2.24, 2.45) is 62.6 Å². The summed E-state index contributed by atoms with van der Waals surface area (Å²) >= 11 is 0. The van der Waals surface area contributed by atoms with Gasteiger partial charge in [-0.15, -0.1) is 0 Å². The predicted molar refractivity (Wildman–Crippen MR) is 135 cm³/mol. The SMILES string of the molecule is CC(C)CCC(C)C(C)C1CCC2(C)C3CCC4C(C)(C)C(O)CCC45CC35CCC12C. The first kappa shape index (κ1) is 23.7. The van der Waals surface area contributed by atoms with Crippen LogP contribution in [0.5, 0.6) is 0 Å². The van der Waals surface area contributed by atoms with E-state index in [2.05, 4.69) is 55.4 Å². The molecule has 1 heteroatoms. The topological polar surface area (TPSA) is 20.2 Å². The van der Waals surface area contributed by atoms with Gasteiger partial charge in [-0.25, -0.2) is 0 Å². The van der Waals surface area contributed by atoms with Crippen LogP contribution in [0, 0.1) is 62.6 Å². The van der Waals surface area contributed by atoms with Gasteiger partial charge in [-0.3, -0.25) is 0 Å². The monoisotopic (exact) mass is 442 g/mol. The molecule has 32 heavy (non-hydrogen) atoms. The zero-order chi connectivity index (χ0) is 23.3. The van der Waals surface area contributed by atoms with Gasteiger partial charge in [0.2, 0.25) is 0 Å². The molecule has 0 radical (unpaired) electrons. The van der Waals surface area contributed by atoms with E-state index in [4.69, 9.17) is 0 Å². The summed E-state index contributed by atoms with van der Waals surface area (Å²) in [6.07, 6.45) is 15.4. The average molecular weight is 443 g/mol. The maximum atomic E-state index is 10.9. The number of hydrogen-bond donors (Lipinski definition) is 1. The molecule has 5 aliphatic carbocycles. The molecule has 0 saturated heterocycles. The smallest absolute Gasteiger partial charge is 0.0594 e. The molecule has 5 rings (SSSR count). The normalized spacial score (nSPS) is 53.1. The Morgan fingerprint density at radius 2 is 1.38 bits per heavy atom. The maximum Gasteiger partial charge on any atom is 0.0594 e. The largest absolute Gasteiger partial charge is 0.393 e. The van der Waals surface area contributed by atoms with Crippen molar-refractivity contribution >= 4 is 0 Å². The third-order valence-electron chi connectivity index (χ3n) is 13.9. The van der Waals surface area contributed by atoms with Crippen molar-refractivity contribution in [3.05, 3.63) is 0 Å². The molecular weight excluding hydrogens is 388 g/mol. The van der Waals surface area contributed by atoms with Gasteiger partial charge in [0.05, 0.1) is 6.10 Å². The van der Waals surface area contributed by atoms with Crippen LogP contribution in [-0.2, 0) is 0 Å². The van der Waals surface area contributed by atoms with Gasteiger partial charge in [-0.1, -0.05) is 68.2 Å². The summed E-state index contributed by atoms with van der Waals surface area (Å²) in [4.78, 5) is 0. The van der Waals surface area contributed by atoms with E-state index in [1.807, 2.05) is 0 Å². The molecule has 10 atom stereocenters. The minimum atomic E-state index is -0.0826. The average Bonchev–Trinajstić information content (AvgIpc) is 3.31. The fourth-order valence-corrected chi connectivity index (χ4v) is 11.5. The number of aliphatic hydroxyl groups excluding tert-OH is 1. The Kier molecular flexibility index (Phi) is 5.36. The van der Waals surface area contributed by atoms with E-state index in [0.29, 0.717) is 21.7 Å². The van der Waals surface area contributed by atoms with E-state index < -0.39 is 0 Å². The molecule has 10 unspecified atom stereocenters. The summed E-state index contributed by atoms with van der Waals surface area (Å²) in [6.45, 7) is 20.3. The molecule has 0 aromatic heterocycles. The first-order valence-electron chi connectivity index (χ1n) is 14.5. The van der Waals surface area contributed by atoms with Crippen molar-refractivity contribution in [1.29, 1.82) is 0 Å². The minimum absolute atomic E-state index is 0.0826. The van der Waals surface area contributed by atoms with Crippen molar-refractivity contribution in [2.45, 2.75) is 132 Å². The van der Waals surface area contributed by atoms with Crippen molar-refractivity contribution in [3.8, 4) is 0 Å². The Balaban J connectivity index is 1.40. The number of rotatable bonds is 5. The van der Waals surface area contributed by atoms with Crippen LogP contribution in [0.3, 0.4) is 0 Å². The lowest BCUT2D eigenvalue weighted by atomic mass is 9.41. The first-order valence-corrected chi connectivity index (χ1v) is 14.5. The van der Waals surface area contributed by atoms with Gasteiger partial charge in [0.15, 0.2) is 0 Å². The quantitative estimate of drug-likeness (QED) is 0.452. The molecule has 0 aliphatic heterocycles. The number of aliphatic hydroxyl groups is 1. The Bertz CT molecular complexity index is 739. The summed E-state index contributed by atoms with van der Waals surface area (Å²) in [6, 6.07) is 0. The van der Waals surface area contributed by atoms with Crippen LogP contribution >= 0.6 is 0 Å². The molecule has 0 aromatic carbocycles. The fraction of sp³-hybridized carbons (Fsp3) is 1.00. The number of hydrogen-bond acceptors (Lipinski definition) is 1. The highest BCUT2D eigenvalue weighted by Gasteiger charge is 2.82. The zero-order valence-electron chi connectivity index (χ0n) is 22.8. The van der Waals surface area contributed by atoms with E-state index in [1.165, 1.54) is 64.2 Å². The number of fused-ring (bicyclic) bond motifs is 2. The van der Waals surface area contributed by atoms with Crippen molar-refractivity contribution in [1.82, 2.24) is 0 Å². The van der Waals surface area contributed by atoms with Gasteiger partial charge in [0.25, 0.3) is 0 Å². The van der Waals surface area contributed by atoms with Crippen LogP contribution in [0.4, 0.5) is 0 Å². The molecule has 2 spiro atoms. The van der Waals surface area contributed by atoms with Crippen molar-refractivity contribution in [2.75, 3.05) is 0 Å². The molecule has 184 valence electrons. The van der Waals surface area contributed by atoms with Gasteiger partial charge in [-0.2, -0.15) is 0 Å². The molecule has 0 bridgehead atoms. The molecule has 5 saturated carbocycles. The summed E-state index contributed by atoms with van der Waals surface area (Å²) in [5, 5.41) is 10.9. The molecule has 1 nitrogen and oxygen atoms in total. The van der Waals surface area contributed by atoms with E-state index in [-0.39, 0.29) is 11.5 Å². The molecule has 1 N–H and O–H groups in total. The third kappa shape index (κ3) is 2.79. The maximum absolute atomic E-state index is 10.9. The van der Waals surface area contributed by atoms with Crippen LogP contribution in [0.15, 0.2) is 0 Å². The van der Waals surface area contributed by atoms with Crippen molar-refractivity contribution in [3.63, 3.8) is 0 Å². The van der Waals surface area contributed by atoms with Crippen LogP contribution in [0.2, 0.25) is 0 Å². The fourth-order valence-electron chi connectivity index (χ4n) is 11.5. The van der Waals surface area contributed by atoms with Gasteiger partial charge < -0.3 is 5.11 Å². The van der Waals surface area contributed by atoms with Gasteiger partial charge in [0.1, 0.15) is 0 Å². The van der Waals surface area contributed by atoms with E-state index in [1.54, 1.807) is 0 Å². The highest BCUT2D eigenvalue weighted by Crippen LogP contribution is 2.89. The van der Waals surface area contributed by atoms with Crippen LogP contribution in [0.1, 0.15) is 126 Å².